The standard InChI is InChI=1S/C19H19N5O2S/c1-11-22-23-19(27-11)18-3-12-2-14(20-6-13(12)7-21-18)4-16(25)8-24-9-17-5-15(24)10-26-17/h2-3,6-7,15,17H,4-5,8-10H2,1H3/t15-,17-/m1/s1. The Kier molecular flexibility index (Phi) is 4.18. The normalized spacial score (nSPS) is 22.0. The molecule has 2 atom stereocenters. The van der Waals surface area contributed by atoms with E-state index < -0.39 is 0 Å². The van der Waals surface area contributed by atoms with Crippen molar-refractivity contribution in [2.45, 2.75) is 31.9 Å². The molecule has 27 heavy (non-hydrogen) atoms. The fraction of sp³-hybridized carbons (Fsp3) is 0.421. The number of rotatable bonds is 5. The average Bonchev–Trinajstić information content (AvgIpc) is 3.38. The number of carbonyl (C=O) groups excluding carboxylic acids is 1. The molecule has 0 aliphatic carbocycles. The molecule has 5 rings (SSSR count). The highest BCUT2D eigenvalue weighted by molar-refractivity contribution is 7.14. The van der Waals surface area contributed by atoms with Crippen molar-refractivity contribution in [2.75, 3.05) is 19.7 Å². The van der Waals surface area contributed by atoms with E-state index in [0.29, 0.717) is 25.1 Å². The molecule has 2 aliphatic heterocycles. The quantitative estimate of drug-likeness (QED) is 0.669. The molecule has 0 N–H and O–H groups in total. The summed E-state index contributed by atoms with van der Waals surface area (Å²) in [5, 5.41) is 11.9. The van der Waals surface area contributed by atoms with E-state index in [2.05, 4.69) is 25.1 Å². The number of likely N-dealkylation sites (tertiary alicyclic amines) is 1. The van der Waals surface area contributed by atoms with Crippen LogP contribution in [0.3, 0.4) is 0 Å². The summed E-state index contributed by atoms with van der Waals surface area (Å²) in [6.45, 7) is 4.04. The Labute approximate surface area is 160 Å². The number of morpholine rings is 1. The van der Waals surface area contributed by atoms with E-state index in [1.54, 1.807) is 12.4 Å². The summed E-state index contributed by atoms with van der Waals surface area (Å²) in [4.78, 5) is 23.7. The monoisotopic (exact) mass is 381 g/mol. The van der Waals surface area contributed by atoms with E-state index in [4.69, 9.17) is 4.74 Å². The van der Waals surface area contributed by atoms with Gasteiger partial charge in [0.25, 0.3) is 0 Å². The predicted octanol–water partition coefficient (Wildman–Crippen LogP) is 2.04. The molecule has 0 saturated carbocycles. The number of ether oxygens (including phenoxy) is 1. The maximum absolute atomic E-state index is 12.5. The van der Waals surface area contributed by atoms with Crippen LogP contribution in [0.25, 0.3) is 21.5 Å². The number of pyridine rings is 2. The molecule has 2 aliphatic rings. The van der Waals surface area contributed by atoms with Gasteiger partial charge in [0, 0.05) is 36.1 Å². The average molecular weight is 381 g/mol. The summed E-state index contributed by atoms with van der Waals surface area (Å²) < 4.78 is 5.60. The van der Waals surface area contributed by atoms with E-state index in [-0.39, 0.29) is 5.78 Å². The molecule has 0 amide bonds. The molecule has 0 aromatic carbocycles. The van der Waals surface area contributed by atoms with Gasteiger partial charge in [0.15, 0.2) is 10.8 Å². The molecular weight excluding hydrogens is 362 g/mol. The van der Waals surface area contributed by atoms with Gasteiger partial charge in [-0.3, -0.25) is 19.7 Å². The van der Waals surface area contributed by atoms with Crippen LogP contribution in [-0.2, 0) is 16.0 Å². The highest BCUT2D eigenvalue weighted by Gasteiger charge is 2.39. The number of aryl methyl sites for hydroxylation is 1. The van der Waals surface area contributed by atoms with Gasteiger partial charge in [0.1, 0.15) is 10.7 Å². The number of ketones is 1. The second-order valence-corrected chi connectivity index (χ2v) is 8.39. The van der Waals surface area contributed by atoms with Crippen LogP contribution in [0, 0.1) is 6.92 Å². The van der Waals surface area contributed by atoms with Crippen LogP contribution in [0.5, 0.6) is 0 Å². The summed E-state index contributed by atoms with van der Waals surface area (Å²) >= 11 is 1.52. The zero-order chi connectivity index (χ0) is 18.4. The van der Waals surface area contributed by atoms with E-state index >= 15 is 0 Å². The molecule has 2 saturated heterocycles. The first-order valence-corrected chi connectivity index (χ1v) is 9.88. The lowest BCUT2D eigenvalue weighted by molar-refractivity contribution is -0.120. The Morgan fingerprint density at radius 2 is 2.15 bits per heavy atom. The van der Waals surface area contributed by atoms with Crippen molar-refractivity contribution in [3.63, 3.8) is 0 Å². The first kappa shape index (κ1) is 16.9. The Morgan fingerprint density at radius 3 is 2.89 bits per heavy atom. The van der Waals surface area contributed by atoms with Gasteiger partial charge in [0.05, 0.1) is 25.7 Å². The smallest absolute Gasteiger partial charge is 0.166 e. The Bertz CT molecular complexity index is 1020. The minimum atomic E-state index is 0.198. The van der Waals surface area contributed by atoms with Gasteiger partial charge in [0.2, 0.25) is 0 Å². The van der Waals surface area contributed by atoms with Crippen LogP contribution in [0.2, 0.25) is 0 Å². The fourth-order valence-electron chi connectivity index (χ4n) is 3.85. The van der Waals surface area contributed by atoms with Crippen molar-refractivity contribution in [1.29, 1.82) is 0 Å². The van der Waals surface area contributed by atoms with Gasteiger partial charge < -0.3 is 4.74 Å². The Morgan fingerprint density at radius 1 is 1.26 bits per heavy atom. The van der Waals surface area contributed by atoms with Crippen molar-refractivity contribution in [3.8, 4) is 10.7 Å². The first-order chi connectivity index (χ1) is 13.1. The van der Waals surface area contributed by atoms with Gasteiger partial charge in [-0.25, -0.2) is 0 Å². The number of hydrogen-bond acceptors (Lipinski definition) is 8. The lowest BCUT2D eigenvalue weighted by atomic mass is 10.1. The molecule has 138 valence electrons. The van der Waals surface area contributed by atoms with Crippen LogP contribution in [-0.4, -0.2) is 62.7 Å². The third-order valence-corrected chi connectivity index (χ3v) is 6.04. The van der Waals surface area contributed by atoms with Crippen LogP contribution in [0.4, 0.5) is 0 Å². The molecule has 0 radical (unpaired) electrons. The van der Waals surface area contributed by atoms with Crippen molar-refractivity contribution in [2.24, 2.45) is 0 Å². The summed E-state index contributed by atoms with van der Waals surface area (Å²) in [7, 11) is 0. The lowest BCUT2D eigenvalue weighted by Gasteiger charge is -2.25. The number of hydrogen-bond donors (Lipinski definition) is 0. The maximum atomic E-state index is 12.5. The van der Waals surface area contributed by atoms with Crippen molar-refractivity contribution in [1.82, 2.24) is 25.1 Å². The van der Waals surface area contributed by atoms with Crippen LogP contribution in [0.15, 0.2) is 24.5 Å². The van der Waals surface area contributed by atoms with E-state index in [9.17, 15) is 4.79 Å². The number of Topliss-reactive ketones (excluding diaryl/α,β-unsaturated/α-hetero) is 1. The van der Waals surface area contributed by atoms with Gasteiger partial charge in [-0.15, -0.1) is 10.2 Å². The molecule has 7 nitrogen and oxygen atoms in total. The topological polar surface area (TPSA) is 81.1 Å². The van der Waals surface area contributed by atoms with Gasteiger partial charge >= 0.3 is 0 Å². The molecule has 3 aromatic rings. The van der Waals surface area contributed by atoms with Gasteiger partial charge in [-0.1, -0.05) is 11.3 Å². The predicted molar refractivity (Wildman–Crippen MR) is 102 cm³/mol. The highest BCUT2D eigenvalue weighted by Crippen LogP contribution is 2.28. The highest BCUT2D eigenvalue weighted by atomic mass is 32.1. The summed E-state index contributed by atoms with van der Waals surface area (Å²) in [6, 6.07) is 4.38. The third kappa shape index (κ3) is 3.36. The molecule has 3 aromatic heterocycles. The first-order valence-electron chi connectivity index (χ1n) is 9.06. The number of nitrogens with zero attached hydrogens (tertiary/aromatic N) is 5. The van der Waals surface area contributed by atoms with Crippen molar-refractivity contribution < 1.29 is 9.53 Å². The maximum Gasteiger partial charge on any atom is 0.166 e. The van der Waals surface area contributed by atoms with Gasteiger partial charge in [-0.2, -0.15) is 0 Å². The lowest BCUT2D eigenvalue weighted by Crippen LogP contribution is -2.40. The second-order valence-electron chi connectivity index (χ2n) is 7.21. The summed E-state index contributed by atoms with van der Waals surface area (Å²) in [5.41, 5.74) is 1.59. The number of carbonyl (C=O) groups is 1. The second kappa shape index (κ2) is 6.70. The molecule has 5 heterocycles. The zero-order valence-electron chi connectivity index (χ0n) is 15.0. The van der Waals surface area contributed by atoms with Crippen LogP contribution >= 0.6 is 11.3 Å². The van der Waals surface area contributed by atoms with Crippen LogP contribution in [0.1, 0.15) is 17.1 Å². The van der Waals surface area contributed by atoms with E-state index in [1.165, 1.54) is 11.3 Å². The van der Waals surface area contributed by atoms with E-state index in [0.717, 1.165) is 51.7 Å². The molecular formula is C19H19N5O2S. The summed E-state index contributed by atoms with van der Waals surface area (Å²) in [5.74, 6) is 0.198. The summed E-state index contributed by atoms with van der Waals surface area (Å²) in [6.07, 6.45) is 5.30. The third-order valence-electron chi connectivity index (χ3n) is 5.18. The number of fused-ring (bicyclic) bond motifs is 3. The minimum Gasteiger partial charge on any atom is -0.375 e. The zero-order valence-corrected chi connectivity index (χ0v) is 15.8. The molecule has 2 bridgehead atoms. The molecule has 2 fully saturated rings. The number of aromatic nitrogens is 4. The minimum absolute atomic E-state index is 0.198. The molecule has 0 unspecified atom stereocenters. The molecule has 8 heteroatoms. The Balaban J connectivity index is 1.33. The Hall–Kier alpha value is -2.29. The van der Waals surface area contributed by atoms with Crippen molar-refractivity contribution >= 4 is 27.9 Å². The van der Waals surface area contributed by atoms with E-state index in [1.807, 2.05) is 19.1 Å². The molecule has 0 spiro atoms. The van der Waals surface area contributed by atoms with Gasteiger partial charge in [-0.05, 0) is 30.9 Å². The fourth-order valence-corrected chi connectivity index (χ4v) is 4.51. The van der Waals surface area contributed by atoms with Crippen LogP contribution < -0.4 is 0 Å². The SMILES string of the molecule is Cc1nnc(-c2cc3cc(CC(=O)CN4C[C@H]5C[C@@H]4CO5)ncc3cn2)s1. The largest absolute Gasteiger partial charge is 0.375 e. The van der Waals surface area contributed by atoms with Crippen molar-refractivity contribution in [3.05, 3.63) is 35.2 Å².